The second kappa shape index (κ2) is 9.85. The molecule has 170 valence electrons. The van der Waals surface area contributed by atoms with Crippen molar-refractivity contribution in [1.82, 2.24) is 9.97 Å². The summed E-state index contributed by atoms with van der Waals surface area (Å²) in [6, 6.07) is 12.5. The van der Waals surface area contributed by atoms with Gasteiger partial charge < -0.3 is 9.47 Å². The van der Waals surface area contributed by atoms with E-state index in [1.165, 1.54) is 6.07 Å². The average Bonchev–Trinajstić information content (AvgIpc) is 2.80. The Morgan fingerprint density at radius 3 is 2.39 bits per heavy atom. The normalized spacial score (nSPS) is 11.2. The van der Waals surface area contributed by atoms with Crippen molar-refractivity contribution >= 4 is 10.8 Å². The SMILES string of the molecule is CCOc1cnc(-c2ccc3c(F)c(CCc4ccc(OC(F)F)c(F)c4)ccc3c2)nc1. The van der Waals surface area contributed by atoms with Crippen LogP contribution in [-0.4, -0.2) is 23.2 Å². The lowest BCUT2D eigenvalue weighted by Gasteiger charge is -2.10. The van der Waals surface area contributed by atoms with Crippen LogP contribution in [0.25, 0.3) is 22.2 Å². The molecule has 0 fully saturated rings. The number of ether oxygens (including phenoxy) is 2. The van der Waals surface area contributed by atoms with E-state index in [0.29, 0.717) is 52.9 Å². The lowest BCUT2D eigenvalue weighted by Crippen LogP contribution is -2.04. The smallest absolute Gasteiger partial charge is 0.387 e. The first-order valence-corrected chi connectivity index (χ1v) is 10.3. The Hall–Kier alpha value is -3.68. The molecule has 0 saturated carbocycles. The molecule has 0 atom stereocenters. The van der Waals surface area contributed by atoms with Crippen LogP contribution in [0.3, 0.4) is 0 Å². The predicted molar refractivity (Wildman–Crippen MR) is 117 cm³/mol. The topological polar surface area (TPSA) is 44.2 Å². The average molecular weight is 456 g/mol. The molecule has 3 aromatic carbocycles. The van der Waals surface area contributed by atoms with E-state index in [4.69, 9.17) is 4.74 Å². The standard InChI is InChI=1S/C25H20F4N2O2/c1-2-32-19-13-30-24(31-14-19)18-8-9-20-17(12-18)7-6-16(23(20)27)5-3-15-4-10-22(21(26)11-15)33-25(28)29/h4,6-14,25H,2-3,5H2,1H3. The minimum Gasteiger partial charge on any atom is -0.491 e. The molecule has 0 saturated heterocycles. The van der Waals surface area contributed by atoms with Crippen LogP contribution in [0, 0.1) is 11.6 Å². The highest BCUT2D eigenvalue weighted by molar-refractivity contribution is 5.87. The largest absolute Gasteiger partial charge is 0.491 e. The highest BCUT2D eigenvalue weighted by atomic mass is 19.3. The summed E-state index contributed by atoms with van der Waals surface area (Å²) in [5.74, 6) is -0.668. The molecule has 1 heterocycles. The number of rotatable bonds is 8. The van der Waals surface area contributed by atoms with E-state index in [0.717, 1.165) is 17.7 Å². The molecule has 8 heteroatoms. The first-order valence-electron chi connectivity index (χ1n) is 10.3. The zero-order chi connectivity index (χ0) is 23.4. The molecule has 0 aliphatic rings. The number of fused-ring (bicyclic) bond motifs is 1. The summed E-state index contributed by atoms with van der Waals surface area (Å²) >= 11 is 0. The van der Waals surface area contributed by atoms with Gasteiger partial charge in [-0.05, 0) is 54.5 Å². The number of hydrogen-bond donors (Lipinski definition) is 0. The van der Waals surface area contributed by atoms with Crippen molar-refractivity contribution in [3.8, 4) is 22.9 Å². The lowest BCUT2D eigenvalue weighted by molar-refractivity contribution is -0.0522. The maximum Gasteiger partial charge on any atom is 0.387 e. The monoisotopic (exact) mass is 456 g/mol. The van der Waals surface area contributed by atoms with Crippen LogP contribution in [0.4, 0.5) is 17.6 Å². The molecular weight excluding hydrogens is 436 g/mol. The fourth-order valence-corrected chi connectivity index (χ4v) is 3.55. The summed E-state index contributed by atoms with van der Waals surface area (Å²) in [5.41, 5.74) is 1.77. The third-order valence-electron chi connectivity index (χ3n) is 5.13. The van der Waals surface area contributed by atoms with Crippen molar-refractivity contribution in [3.05, 3.63) is 83.7 Å². The van der Waals surface area contributed by atoms with Crippen LogP contribution in [0.2, 0.25) is 0 Å². The minimum atomic E-state index is -3.10. The molecule has 1 aromatic heterocycles. The molecule has 0 unspecified atom stereocenters. The van der Waals surface area contributed by atoms with Crippen molar-refractivity contribution in [1.29, 1.82) is 0 Å². The van der Waals surface area contributed by atoms with Gasteiger partial charge in [0.1, 0.15) is 5.82 Å². The van der Waals surface area contributed by atoms with Gasteiger partial charge in [-0.3, -0.25) is 0 Å². The minimum absolute atomic E-state index is 0.319. The van der Waals surface area contributed by atoms with Crippen molar-refractivity contribution < 1.29 is 27.0 Å². The third kappa shape index (κ3) is 5.22. The Kier molecular flexibility index (Phi) is 6.72. The molecule has 0 radical (unpaired) electrons. The quantitative estimate of drug-likeness (QED) is 0.290. The van der Waals surface area contributed by atoms with E-state index in [2.05, 4.69) is 14.7 Å². The predicted octanol–water partition coefficient (Wildman–Crippen LogP) is 6.36. The van der Waals surface area contributed by atoms with E-state index in [-0.39, 0.29) is 5.82 Å². The van der Waals surface area contributed by atoms with Crippen LogP contribution in [0.1, 0.15) is 18.1 Å². The molecule has 0 amide bonds. The summed E-state index contributed by atoms with van der Waals surface area (Å²) in [6.07, 6.45) is 3.84. The van der Waals surface area contributed by atoms with Crippen molar-refractivity contribution in [3.63, 3.8) is 0 Å². The molecule has 0 bridgehead atoms. The maximum atomic E-state index is 15.1. The van der Waals surface area contributed by atoms with Gasteiger partial charge in [-0.1, -0.05) is 30.3 Å². The third-order valence-corrected chi connectivity index (χ3v) is 5.13. The highest BCUT2D eigenvalue weighted by Gasteiger charge is 2.13. The van der Waals surface area contributed by atoms with Crippen LogP contribution >= 0.6 is 0 Å². The van der Waals surface area contributed by atoms with Gasteiger partial charge in [-0.25, -0.2) is 18.7 Å². The van der Waals surface area contributed by atoms with E-state index in [1.54, 1.807) is 30.6 Å². The Balaban J connectivity index is 1.51. The van der Waals surface area contributed by atoms with Gasteiger partial charge in [0.15, 0.2) is 23.1 Å². The molecule has 0 N–H and O–H groups in total. The molecule has 4 nitrogen and oxygen atoms in total. The highest BCUT2D eigenvalue weighted by Crippen LogP contribution is 2.27. The molecule has 4 rings (SSSR count). The van der Waals surface area contributed by atoms with Crippen molar-refractivity contribution in [2.24, 2.45) is 0 Å². The fraction of sp³-hybridized carbons (Fsp3) is 0.200. The first kappa shape index (κ1) is 22.5. The van der Waals surface area contributed by atoms with Gasteiger partial charge >= 0.3 is 6.61 Å². The summed E-state index contributed by atoms with van der Waals surface area (Å²) in [6.45, 7) is -0.702. The van der Waals surface area contributed by atoms with E-state index in [9.17, 15) is 13.2 Å². The molecule has 4 aromatic rings. The Morgan fingerprint density at radius 1 is 0.909 bits per heavy atom. The first-order chi connectivity index (χ1) is 15.9. The molecule has 0 aliphatic heterocycles. The number of nitrogens with zero attached hydrogens (tertiary/aromatic N) is 2. The fourth-order valence-electron chi connectivity index (χ4n) is 3.55. The van der Waals surface area contributed by atoms with Gasteiger partial charge in [0, 0.05) is 10.9 Å². The molecule has 0 aliphatic carbocycles. The molecular formula is C25H20F4N2O2. The van der Waals surface area contributed by atoms with Crippen molar-refractivity contribution in [2.75, 3.05) is 6.61 Å². The van der Waals surface area contributed by atoms with E-state index < -0.39 is 18.2 Å². The Morgan fingerprint density at radius 2 is 1.70 bits per heavy atom. The van der Waals surface area contributed by atoms with Crippen LogP contribution < -0.4 is 9.47 Å². The molecule has 0 spiro atoms. The lowest BCUT2D eigenvalue weighted by atomic mass is 9.99. The number of aromatic nitrogens is 2. The number of hydrogen-bond acceptors (Lipinski definition) is 4. The number of benzene rings is 3. The van der Waals surface area contributed by atoms with Gasteiger partial charge in [0.25, 0.3) is 0 Å². The second-order valence-electron chi connectivity index (χ2n) is 7.29. The van der Waals surface area contributed by atoms with Crippen LogP contribution in [-0.2, 0) is 12.8 Å². The van der Waals surface area contributed by atoms with E-state index >= 15 is 4.39 Å². The summed E-state index contributed by atoms with van der Waals surface area (Å²) in [5, 5.41) is 1.15. The number of aryl methyl sites for hydroxylation is 2. The Bertz CT molecular complexity index is 1260. The van der Waals surface area contributed by atoms with Crippen LogP contribution in [0.15, 0.2) is 60.9 Å². The number of halogens is 4. The number of alkyl halides is 2. The van der Waals surface area contributed by atoms with Gasteiger partial charge in [0.05, 0.1) is 19.0 Å². The van der Waals surface area contributed by atoms with Gasteiger partial charge in [0.2, 0.25) is 0 Å². The zero-order valence-corrected chi connectivity index (χ0v) is 17.7. The van der Waals surface area contributed by atoms with Gasteiger partial charge in [-0.2, -0.15) is 8.78 Å². The Labute approximate surface area is 187 Å². The van der Waals surface area contributed by atoms with Crippen LogP contribution in [0.5, 0.6) is 11.5 Å². The summed E-state index contributed by atoms with van der Waals surface area (Å²) in [4.78, 5) is 8.59. The second-order valence-corrected chi connectivity index (χ2v) is 7.29. The van der Waals surface area contributed by atoms with Gasteiger partial charge in [-0.15, -0.1) is 0 Å². The zero-order valence-electron chi connectivity index (χ0n) is 17.7. The maximum absolute atomic E-state index is 15.1. The summed E-state index contributed by atoms with van der Waals surface area (Å²) in [7, 11) is 0. The van der Waals surface area contributed by atoms with Crippen molar-refractivity contribution in [2.45, 2.75) is 26.4 Å². The summed E-state index contributed by atoms with van der Waals surface area (Å²) < 4.78 is 63.0. The molecule has 33 heavy (non-hydrogen) atoms. The van der Waals surface area contributed by atoms with E-state index in [1.807, 2.05) is 19.1 Å².